The van der Waals surface area contributed by atoms with Gasteiger partial charge in [-0.15, -0.1) is 0 Å². The van der Waals surface area contributed by atoms with Gasteiger partial charge in [0.25, 0.3) is 0 Å². The van der Waals surface area contributed by atoms with Crippen LogP contribution in [0.1, 0.15) is 26.2 Å². The average Bonchev–Trinajstić information content (AvgIpc) is 2.25. The van der Waals surface area contributed by atoms with Crippen LogP contribution in [0.15, 0.2) is 0 Å². The second kappa shape index (κ2) is 10.4. The van der Waals surface area contributed by atoms with Crippen LogP contribution in [0.2, 0.25) is 0 Å². The number of Topliss-reactive ketones (excluding diaryl/α,β-unsaturated/α-hetero) is 2. The van der Waals surface area contributed by atoms with Crippen LogP contribution in [0.3, 0.4) is 0 Å². The standard InChI is InChI=1S/2C5H9NO3/c1-3(7)2-4(6)5(8)9;6-3-4(7)1-2-5(8)9/h4H,2,6H2,1H3,(H,8,9);1-3,6H2,(H,8,9). The Hall–Kier alpha value is -1.80. The van der Waals surface area contributed by atoms with Crippen molar-refractivity contribution in [3.63, 3.8) is 0 Å². The van der Waals surface area contributed by atoms with Gasteiger partial charge in [-0.2, -0.15) is 0 Å². The number of hydrogen-bond acceptors (Lipinski definition) is 6. The van der Waals surface area contributed by atoms with Crippen LogP contribution >= 0.6 is 0 Å². The van der Waals surface area contributed by atoms with E-state index in [2.05, 4.69) is 0 Å². The summed E-state index contributed by atoms with van der Waals surface area (Å²) in [6.45, 7) is 1.25. The Morgan fingerprint density at radius 3 is 1.83 bits per heavy atom. The molecule has 104 valence electrons. The lowest BCUT2D eigenvalue weighted by atomic mass is 10.2. The summed E-state index contributed by atoms with van der Waals surface area (Å²) in [5, 5.41) is 16.2. The minimum Gasteiger partial charge on any atom is -0.481 e. The van der Waals surface area contributed by atoms with Crippen molar-refractivity contribution in [2.24, 2.45) is 11.5 Å². The van der Waals surface area contributed by atoms with E-state index in [0.717, 1.165) is 0 Å². The Bertz CT molecular complexity index is 313. The number of carbonyl (C=O) groups is 4. The summed E-state index contributed by atoms with van der Waals surface area (Å²) in [7, 11) is 0. The van der Waals surface area contributed by atoms with Gasteiger partial charge >= 0.3 is 11.9 Å². The summed E-state index contributed by atoms with van der Waals surface area (Å²) in [6, 6.07) is -1.04. The summed E-state index contributed by atoms with van der Waals surface area (Å²) in [4.78, 5) is 40.3. The largest absolute Gasteiger partial charge is 0.481 e. The Morgan fingerprint density at radius 1 is 1.11 bits per heavy atom. The van der Waals surface area contributed by atoms with Gasteiger partial charge in [-0.3, -0.25) is 19.2 Å². The molecule has 0 fully saturated rings. The topological polar surface area (TPSA) is 161 Å². The summed E-state index contributed by atoms with van der Waals surface area (Å²) in [6.07, 6.45) is -0.156. The van der Waals surface area contributed by atoms with E-state index >= 15 is 0 Å². The summed E-state index contributed by atoms with van der Waals surface area (Å²) >= 11 is 0. The van der Waals surface area contributed by atoms with Crippen molar-refractivity contribution >= 4 is 23.5 Å². The van der Waals surface area contributed by atoms with Crippen LogP contribution in [0.4, 0.5) is 0 Å². The third-order valence-corrected chi connectivity index (χ3v) is 1.67. The number of carboxylic acids is 2. The number of nitrogens with two attached hydrogens (primary N) is 2. The van der Waals surface area contributed by atoms with Crippen molar-refractivity contribution in [3.8, 4) is 0 Å². The van der Waals surface area contributed by atoms with E-state index in [-0.39, 0.29) is 37.4 Å². The minimum absolute atomic E-state index is 0.0475. The zero-order valence-corrected chi connectivity index (χ0v) is 10.1. The third kappa shape index (κ3) is 14.2. The van der Waals surface area contributed by atoms with E-state index in [1.165, 1.54) is 6.92 Å². The smallest absolute Gasteiger partial charge is 0.320 e. The molecule has 6 N–H and O–H groups in total. The molecule has 18 heavy (non-hydrogen) atoms. The first-order chi connectivity index (χ1) is 8.20. The molecule has 0 radical (unpaired) electrons. The molecule has 0 saturated heterocycles. The predicted octanol–water partition coefficient (Wildman–Crippen LogP) is -1.24. The van der Waals surface area contributed by atoms with E-state index in [0.29, 0.717) is 0 Å². The fourth-order valence-corrected chi connectivity index (χ4v) is 0.745. The highest BCUT2D eigenvalue weighted by molar-refractivity contribution is 5.84. The van der Waals surface area contributed by atoms with E-state index in [9.17, 15) is 19.2 Å². The minimum atomic E-state index is -1.13. The normalized spacial score (nSPS) is 10.8. The fraction of sp³-hybridized carbons (Fsp3) is 0.600. The first kappa shape index (κ1) is 18.6. The lowest BCUT2D eigenvalue weighted by Crippen LogP contribution is -2.31. The van der Waals surface area contributed by atoms with Crippen molar-refractivity contribution in [2.45, 2.75) is 32.2 Å². The number of rotatable bonds is 7. The Morgan fingerprint density at radius 2 is 1.61 bits per heavy atom. The summed E-state index contributed by atoms with van der Waals surface area (Å²) in [5.74, 6) is -2.51. The van der Waals surface area contributed by atoms with E-state index in [1.54, 1.807) is 0 Å². The highest BCUT2D eigenvalue weighted by atomic mass is 16.4. The summed E-state index contributed by atoms with van der Waals surface area (Å²) in [5.41, 5.74) is 9.91. The number of carbonyl (C=O) groups excluding carboxylic acids is 2. The number of aliphatic carboxylic acids is 2. The van der Waals surface area contributed by atoms with Crippen molar-refractivity contribution < 1.29 is 29.4 Å². The van der Waals surface area contributed by atoms with Crippen molar-refractivity contribution in [2.75, 3.05) is 6.54 Å². The molecule has 0 aromatic carbocycles. The van der Waals surface area contributed by atoms with Gasteiger partial charge in [0.05, 0.1) is 13.0 Å². The zero-order valence-electron chi connectivity index (χ0n) is 10.1. The molecule has 1 atom stereocenters. The van der Waals surface area contributed by atoms with Gasteiger partial charge < -0.3 is 21.7 Å². The van der Waals surface area contributed by atoms with Crippen LogP contribution in [0.25, 0.3) is 0 Å². The second-order valence-electron chi connectivity index (χ2n) is 3.49. The molecule has 0 rings (SSSR count). The molecule has 0 bridgehead atoms. The van der Waals surface area contributed by atoms with Crippen LogP contribution in [-0.2, 0) is 19.2 Å². The molecule has 0 spiro atoms. The molecule has 0 aliphatic carbocycles. The molecule has 1 unspecified atom stereocenters. The molecule has 0 aliphatic rings. The molecule has 0 aromatic heterocycles. The maximum Gasteiger partial charge on any atom is 0.320 e. The average molecular weight is 262 g/mol. The SMILES string of the molecule is CC(=O)CC(N)C(=O)O.NCC(=O)CCC(=O)O. The molecule has 0 amide bonds. The van der Waals surface area contributed by atoms with Gasteiger partial charge in [0.1, 0.15) is 17.6 Å². The van der Waals surface area contributed by atoms with Gasteiger partial charge in [-0.25, -0.2) is 0 Å². The van der Waals surface area contributed by atoms with Crippen LogP contribution < -0.4 is 11.5 Å². The second-order valence-corrected chi connectivity index (χ2v) is 3.49. The van der Waals surface area contributed by atoms with Gasteiger partial charge in [-0.05, 0) is 6.92 Å². The van der Waals surface area contributed by atoms with Crippen LogP contribution in [-0.4, -0.2) is 46.3 Å². The molecular formula is C10H18N2O6. The zero-order chi connectivity index (χ0) is 14.7. The highest BCUT2D eigenvalue weighted by Gasteiger charge is 2.12. The lowest BCUT2D eigenvalue weighted by Gasteiger charge is -2.00. The molecule has 0 aromatic rings. The Labute approximate surface area is 104 Å². The fourth-order valence-electron chi connectivity index (χ4n) is 0.745. The predicted molar refractivity (Wildman–Crippen MR) is 61.8 cm³/mol. The van der Waals surface area contributed by atoms with Crippen molar-refractivity contribution in [3.05, 3.63) is 0 Å². The molecule has 0 saturated carbocycles. The first-order valence-corrected chi connectivity index (χ1v) is 5.12. The molecule has 0 heterocycles. The van der Waals surface area contributed by atoms with Crippen molar-refractivity contribution in [1.29, 1.82) is 0 Å². The van der Waals surface area contributed by atoms with Gasteiger partial charge in [0.15, 0.2) is 0 Å². The van der Waals surface area contributed by atoms with Crippen molar-refractivity contribution in [1.82, 2.24) is 0 Å². The Kier molecular flexibility index (Phi) is 10.7. The number of carboxylic acid groups (broad SMARTS) is 2. The van der Waals surface area contributed by atoms with E-state index in [4.69, 9.17) is 21.7 Å². The number of ketones is 2. The summed E-state index contributed by atoms with van der Waals surface area (Å²) < 4.78 is 0. The lowest BCUT2D eigenvalue weighted by molar-refractivity contribution is -0.140. The highest BCUT2D eigenvalue weighted by Crippen LogP contribution is 1.88. The van der Waals surface area contributed by atoms with Gasteiger partial charge in [0.2, 0.25) is 0 Å². The van der Waals surface area contributed by atoms with Crippen LogP contribution in [0.5, 0.6) is 0 Å². The van der Waals surface area contributed by atoms with E-state index < -0.39 is 18.0 Å². The number of hydrogen-bond donors (Lipinski definition) is 4. The monoisotopic (exact) mass is 262 g/mol. The quantitative estimate of drug-likeness (QED) is 0.442. The van der Waals surface area contributed by atoms with Gasteiger partial charge in [0, 0.05) is 12.8 Å². The molecule has 8 heteroatoms. The van der Waals surface area contributed by atoms with E-state index in [1.807, 2.05) is 0 Å². The molecule has 8 nitrogen and oxygen atoms in total. The van der Waals surface area contributed by atoms with Gasteiger partial charge in [-0.1, -0.05) is 0 Å². The van der Waals surface area contributed by atoms with Crippen LogP contribution in [0, 0.1) is 0 Å². The third-order valence-electron chi connectivity index (χ3n) is 1.67. The maximum atomic E-state index is 10.3. The maximum absolute atomic E-state index is 10.3. The Balaban J connectivity index is 0. The molecule has 0 aliphatic heterocycles. The first-order valence-electron chi connectivity index (χ1n) is 5.12. The molecular weight excluding hydrogens is 244 g/mol.